The van der Waals surface area contributed by atoms with Crippen molar-refractivity contribution in [1.29, 1.82) is 0 Å². The maximum absolute atomic E-state index is 13.2. The highest BCUT2D eigenvalue weighted by molar-refractivity contribution is 6.31. The van der Waals surface area contributed by atoms with Crippen LogP contribution < -0.4 is 5.32 Å². The van der Waals surface area contributed by atoms with Crippen LogP contribution in [0.4, 0.5) is 4.39 Å². The molecule has 72 valence electrons. The first kappa shape index (κ1) is 10.8. The van der Waals surface area contributed by atoms with Crippen LogP contribution in [0.1, 0.15) is 11.1 Å². The molecule has 1 nitrogen and oxygen atoms in total. The Morgan fingerprint density at radius 1 is 1.31 bits per heavy atom. The lowest BCUT2D eigenvalue weighted by molar-refractivity contribution is 0.569. The van der Waals surface area contributed by atoms with Crippen molar-refractivity contribution in [3.8, 4) is 0 Å². The minimum Gasteiger partial charge on any atom is -0.312 e. The summed E-state index contributed by atoms with van der Waals surface area (Å²) in [5, 5.41) is 3.82. The molecule has 0 bridgehead atoms. The van der Waals surface area contributed by atoms with Gasteiger partial charge >= 0.3 is 0 Å². The fourth-order valence-corrected chi connectivity index (χ4v) is 1.77. The van der Waals surface area contributed by atoms with Gasteiger partial charge in [0.15, 0.2) is 0 Å². The number of halogens is 3. The molecule has 13 heavy (non-hydrogen) atoms. The Morgan fingerprint density at radius 3 is 2.77 bits per heavy atom. The maximum Gasteiger partial charge on any atom is 0.126 e. The molecule has 1 aliphatic heterocycles. The largest absolute Gasteiger partial charge is 0.312 e. The third-order valence-electron chi connectivity index (χ3n) is 2.17. The predicted molar refractivity (Wildman–Crippen MR) is 54.1 cm³/mol. The fraction of sp³-hybridized carbons (Fsp3) is 0.333. The van der Waals surface area contributed by atoms with Crippen molar-refractivity contribution < 1.29 is 4.39 Å². The van der Waals surface area contributed by atoms with Crippen LogP contribution in [-0.4, -0.2) is 6.54 Å². The standard InChI is InChI=1S/C9H9ClFN.ClH/c10-8-1-2-9(11)6-3-4-12-5-7(6)8;/h1-2,12H,3-5H2;1H. The number of benzene rings is 1. The summed E-state index contributed by atoms with van der Waals surface area (Å²) in [5.74, 6) is -0.129. The zero-order chi connectivity index (χ0) is 8.55. The van der Waals surface area contributed by atoms with E-state index in [-0.39, 0.29) is 18.2 Å². The molecule has 0 spiro atoms. The molecule has 0 amide bonds. The van der Waals surface area contributed by atoms with Crippen molar-refractivity contribution in [3.05, 3.63) is 34.1 Å². The van der Waals surface area contributed by atoms with Crippen molar-refractivity contribution in [2.45, 2.75) is 13.0 Å². The molecule has 1 aliphatic rings. The van der Waals surface area contributed by atoms with E-state index in [0.29, 0.717) is 11.6 Å². The van der Waals surface area contributed by atoms with Gasteiger partial charge in [0.05, 0.1) is 0 Å². The van der Waals surface area contributed by atoms with Gasteiger partial charge in [0.2, 0.25) is 0 Å². The van der Waals surface area contributed by atoms with Gasteiger partial charge in [-0.25, -0.2) is 4.39 Å². The van der Waals surface area contributed by atoms with Crippen molar-refractivity contribution in [3.63, 3.8) is 0 Å². The van der Waals surface area contributed by atoms with Gasteiger partial charge in [-0.05, 0) is 36.2 Å². The number of rotatable bonds is 0. The molecule has 0 atom stereocenters. The number of fused-ring (bicyclic) bond motifs is 1. The van der Waals surface area contributed by atoms with E-state index in [4.69, 9.17) is 11.6 Å². The molecule has 0 fully saturated rings. The zero-order valence-corrected chi connectivity index (χ0v) is 8.51. The van der Waals surface area contributed by atoms with Crippen LogP contribution in [0.25, 0.3) is 0 Å². The van der Waals surface area contributed by atoms with E-state index < -0.39 is 0 Å². The molecule has 0 aromatic heterocycles. The topological polar surface area (TPSA) is 12.0 Å². The smallest absolute Gasteiger partial charge is 0.126 e. The van der Waals surface area contributed by atoms with Gasteiger partial charge < -0.3 is 5.32 Å². The second kappa shape index (κ2) is 4.27. The molecular weight excluding hydrogens is 212 g/mol. The summed E-state index contributed by atoms with van der Waals surface area (Å²) >= 11 is 5.91. The average Bonchev–Trinajstić information content (AvgIpc) is 2.12. The lowest BCUT2D eigenvalue weighted by Crippen LogP contribution is -2.24. The first-order valence-electron chi connectivity index (χ1n) is 3.95. The van der Waals surface area contributed by atoms with E-state index in [9.17, 15) is 4.39 Å². The second-order valence-corrected chi connectivity index (χ2v) is 3.32. The van der Waals surface area contributed by atoms with E-state index in [0.717, 1.165) is 24.1 Å². The van der Waals surface area contributed by atoms with E-state index in [2.05, 4.69) is 5.32 Å². The Hall–Kier alpha value is -0.310. The van der Waals surface area contributed by atoms with Gasteiger partial charge in [0.25, 0.3) is 0 Å². The molecule has 0 unspecified atom stereocenters. The molecule has 1 aromatic carbocycles. The highest BCUT2D eigenvalue weighted by atomic mass is 35.5. The molecule has 0 aliphatic carbocycles. The van der Waals surface area contributed by atoms with Crippen LogP contribution in [0.2, 0.25) is 5.02 Å². The van der Waals surface area contributed by atoms with Crippen LogP contribution in [0.15, 0.2) is 12.1 Å². The highest BCUT2D eigenvalue weighted by Crippen LogP contribution is 2.24. The summed E-state index contributed by atoms with van der Waals surface area (Å²) < 4.78 is 13.2. The molecule has 0 saturated carbocycles. The molecule has 2 rings (SSSR count). The quantitative estimate of drug-likeness (QED) is 0.711. The number of nitrogens with one attached hydrogen (secondary N) is 1. The molecule has 0 radical (unpaired) electrons. The molecular formula is C9H10Cl2FN. The summed E-state index contributed by atoms with van der Waals surface area (Å²) in [5.41, 5.74) is 1.70. The van der Waals surface area contributed by atoms with Crippen molar-refractivity contribution in [2.24, 2.45) is 0 Å². The SMILES string of the molecule is Cl.Fc1ccc(Cl)c2c1CCNC2. The fourth-order valence-electron chi connectivity index (χ4n) is 1.52. The number of hydrogen-bond acceptors (Lipinski definition) is 1. The minimum atomic E-state index is -0.129. The van der Waals surface area contributed by atoms with E-state index in [1.807, 2.05) is 0 Å². The Balaban J connectivity index is 0.000000845. The van der Waals surface area contributed by atoms with E-state index >= 15 is 0 Å². The summed E-state index contributed by atoms with van der Waals surface area (Å²) in [7, 11) is 0. The summed E-state index contributed by atoms with van der Waals surface area (Å²) in [4.78, 5) is 0. The summed E-state index contributed by atoms with van der Waals surface area (Å²) in [6, 6.07) is 3.05. The van der Waals surface area contributed by atoms with Crippen LogP contribution >= 0.6 is 24.0 Å². The Bertz CT molecular complexity index is 284. The monoisotopic (exact) mass is 221 g/mol. The van der Waals surface area contributed by atoms with Crippen LogP contribution in [0.3, 0.4) is 0 Å². The lowest BCUT2D eigenvalue weighted by Gasteiger charge is -2.18. The van der Waals surface area contributed by atoms with Crippen molar-refractivity contribution in [2.75, 3.05) is 6.54 Å². The Morgan fingerprint density at radius 2 is 2.08 bits per heavy atom. The second-order valence-electron chi connectivity index (χ2n) is 2.91. The molecule has 0 saturated heterocycles. The van der Waals surface area contributed by atoms with Gasteiger partial charge in [-0.15, -0.1) is 12.4 Å². The van der Waals surface area contributed by atoms with Crippen LogP contribution in [0, 0.1) is 5.82 Å². The highest BCUT2D eigenvalue weighted by Gasteiger charge is 2.15. The first-order valence-corrected chi connectivity index (χ1v) is 4.33. The normalized spacial score (nSPS) is 14.6. The van der Waals surface area contributed by atoms with Gasteiger partial charge in [0, 0.05) is 11.6 Å². The minimum absolute atomic E-state index is 0. The van der Waals surface area contributed by atoms with Crippen molar-refractivity contribution >= 4 is 24.0 Å². The summed E-state index contributed by atoms with van der Waals surface area (Å²) in [6.07, 6.45) is 0.738. The zero-order valence-electron chi connectivity index (χ0n) is 6.94. The van der Waals surface area contributed by atoms with Crippen LogP contribution in [-0.2, 0) is 13.0 Å². The molecule has 1 N–H and O–H groups in total. The molecule has 1 aromatic rings. The summed E-state index contributed by atoms with van der Waals surface area (Å²) in [6.45, 7) is 1.52. The first-order chi connectivity index (χ1) is 5.79. The third kappa shape index (κ3) is 1.96. The van der Waals surface area contributed by atoms with Gasteiger partial charge in [-0.3, -0.25) is 0 Å². The van der Waals surface area contributed by atoms with Gasteiger partial charge in [-0.2, -0.15) is 0 Å². The van der Waals surface area contributed by atoms with Gasteiger partial charge in [-0.1, -0.05) is 11.6 Å². The Kier molecular flexibility index (Phi) is 3.54. The predicted octanol–water partition coefficient (Wildman–Crippen LogP) is 2.55. The Labute approximate surface area is 87.7 Å². The van der Waals surface area contributed by atoms with Gasteiger partial charge in [0.1, 0.15) is 5.82 Å². The number of hydrogen-bond donors (Lipinski definition) is 1. The van der Waals surface area contributed by atoms with E-state index in [1.54, 1.807) is 6.07 Å². The molecule has 1 heterocycles. The third-order valence-corrected chi connectivity index (χ3v) is 2.52. The van der Waals surface area contributed by atoms with Crippen LogP contribution in [0.5, 0.6) is 0 Å². The average molecular weight is 222 g/mol. The lowest BCUT2D eigenvalue weighted by atomic mass is 10.0. The van der Waals surface area contributed by atoms with Crippen molar-refractivity contribution in [1.82, 2.24) is 5.32 Å². The maximum atomic E-state index is 13.2. The van der Waals surface area contributed by atoms with E-state index in [1.165, 1.54) is 6.07 Å². The molecule has 4 heteroatoms.